The number of Topliss-reactive ketones (excluding diaryl/α,β-unsaturated/α-hetero) is 1. The first-order valence-corrected chi connectivity index (χ1v) is 7.23. The summed E-state index contributed by atoms with van der Waals surface area (Å²) in [4.78, 5) is 12.7. The number of ketones is 1. The molecule has 0 atom stereocenters. The molecule has 0 fully saturated rings. The Morgan fingerprint density at radius 2 is 1.54 bits per heavy atom. The maximum absolute atomic E-state index is 12.7. The summed E-state index contributed by atoms with van der Waals surface area (Å²) in [7, 11) is 5.86. The molecule has 0 saturated heterocycles. The van der Waals surface area contributed by atoms with Gasteiger partial charge in [-0.15, -0.1) is 0 Å². The molecule has 0 unspecified atom stereocenters. The molecular weight excluding hydrogens is 312 g/mol. The molecule has 0 aliphatic heterocycles. The fourth-order valence-corrected chi connectivity index (χ4v) is 2.43. The summed E-state index contributed by atoms with van der Waals surface area (Å²) < 4.78 is 20.8. The maximum Gasteiger partial charge on any atom is 0.204 e. The summed E-state index contributed by atoms with van der Waals surface area (Å²) in [6.07, 6.45) is 0.101. The molecule has 2 aromatic rings. The lowest BCUT2D eigenvalue weighted by Crippen LogP contribution is -2.08. The minimum atomic E-state index is -0.296. The number of hydrogen-bond acceptors (Lipinski definition) is 6. The van der Waals surface area contributed by atoms with Gasteiger partial charge in [0, 0.05) is 12.5 Å². The van der Waals surface area contributed by atoms with Crippen LogP contribution in [-0.4, -0.2) is 39.3 Å². The highest BCUT2D eigenvalue weighted by atomic mass is 16.5. The van der Waals surface area contributed by atoms with Crippen molar-refractivity contribution >= 4 is 5.78 Å². The summed E-state index contributed by atoms with van der Waals surface area (Å²) in [5, 5.41) is 10.2. The molecule has 1 N–H and O–H groups in total. The van der Waals surface area contributed by atoms with Crippen LogP contribution in [0.25, 0.3) is 0 Å². The van der Waals surface area contributed by atoms with Gasteiger partial charge in [0.25, 0.3) is 0 Å². The van der Waals surface area contributed by atoms with Crippen LogP contribution < -0.4 is 18.9 Å². The Morgan fingerprint density at radius 1 is 0.917 bits per heavy atom. The molecule has 0 heterocycles. The number of aromatic hydroxyl groups is 1. The van der Waals surface area contributed by atoms with Crippen LogP contribution in [0.15, 0.2) is 30.3 Å². The van der Waals surface area contributed by atoms with Crippen molar-refractivity contribution < 1.29 is 28.8 Å². The van der Waals surface area contributed by atoms with Crippen LogP contribution in [0.5, 0.6) is 28.7 Å². The predicted octanol–water partition coefficient (Wildman–Crippen LogP) is 2.85. The van der Waals surface area contributed by atoms with Gasteiger partial charge in [0.2, 0.25) is 5.75 Å². The highest BCUT2D eigenvalue weighted by molar-refractivity contribution is 6.03. The van der Waals surface area contributed by atoms with Gasteiger partial charge in [-0.1, -0.05) is 12.1 Å². The van der Waals surface area contributed by atoms with Gasteiger partial charge in [0.15, 0.2) is 17.3 Å². The number of benzene rings is 2. The average molecular weight is 332 g/mol. The summed E-state index contributed by atoms with van der Waals surface area (Å²) in [5.74, 6) is 0.882. The van der Waals surface area contributed by atoms with Gasteiger partial charge in [-0.2, -0.15) is 0 Å². The molecule has 2 rings (SSSR count). The normalized spacial score (nSPS) is 10.2. The molecule has 2 aromatic carbocycles. The van der Waals surface area contributed by atoms with Gasteiger partial charge in [-0.05, 0) is 17.7 Å². The van der Waals surface area contributed by atoms with Crippen LogP contribution in [0.3, 0.4) is 0 Å². The fraction of sp³-hybridized carbons (Fsp3) is 0.278. The van der Waals surface area contributed by atoms with Gasteiger partial charge in [0.1, 0.15) is 17.1 Å². The molecule has 6 nitrogen and oxygen atoms in total. The molecule has 0 aliphatic rings. The van der Waals surface area contributed by atoms with E-state index in [4.69, 9.17) is 18.9 Å². The number of carbonyl (C=O) groups excluding carboxylic acids is 1. The van der Waals surface area contributed by atoms with Crippen molar-refractivity contribution in [3.8, 4) is 28.7 Å². The predicted molar refractivity (Wildman–Crippen MR) is 88.8 cm³/mol. The molecule has 0 aliphatic carbocycles. The van der Waals surface area contributed by atoms with E-state index in [-0.39, 0.29) is 40.8 Å². The topological polar surface area (TPSA) is 74.2 Å². The molecule has 0 bridgehead atoms. The molecule has 128 valence electrons. The quantitative estimate of drug-likeness (QED) is 0.786. The van der Waals surface area contributed by atoms with Crippen molar-refractivity contribution in [2.45, 2.75) is 6.42 Å². The molecule has 0 saturated carbocycles. The Kier molecular flexibility index (Phi) is 5.52. The number of hydrogen-bond donors (Lipinski definition) is 1. The standard InChI is InChI=1S/C18H20O6/c1-21-12-7-5-11(6-8-12)9-13(19)16-14(20)10-15(22-2)17(23-3)18(16)24-4/h5-8,10,20H,9H2,1-4H3. The van der Waals surface area contributed by atoms with E-state index in [1.165, 1.54) is 27.4 Å². The second-order valence-corrected chi connectivity index (χ2v) is 4.99. The zero-order chi connectivity index (χ0) is 17.7. The molecule has 0 aromatic heterocycles. The highest BCUT2D eigenvalue weighted by Gasteiger charge is 2.25. The first kappa shape index (κ1) is 17.5. The minimum absolute atomic E-state index is 0.0611. The van der Waals surface area contributed by atoms with Crippen molar-refractivity contribution in [2.75, 3.05) is 28.4 Å². The zero-order valence-electron chi connectivity index (χ0n) is 14.1. The zero-order valence-corrected chi connectivity index (χ0v) is 14.1. The smallest absolute Gasteiger partial charge is 0.204 e. The molecule has 0 amide bonds. The van der Waals surface area contributed by atoms with Crippen LogP contribution in [0, 0.1) is 0 Å². The lowest BCUT2D eigenvalue weighted by molar-refractivity contribution is 0.0986. The fourth-order valence-electron chi connectivity index (χ4n) is 2.43. The third-order valence-corrected chi connectivity index (χ3v) is 3.61. The molecule has 0 spiro atoms. The van der Waals surface area contributed by atoms with E-state index in [0.29, 0.717) is 5.75 Å². The van der Waals surface area contributed by atoms with Crippen molar-refractivity contribution in [3.63, 3.8) is 0 Å². The molecule has 0 radical (unpaired) electrons. The van der Waals surface area contributed by atoms with E-state index >= 15 is 0 Å². The van der Waals surface area contributed by atoms with E-state index in [9.17, 15) is 9.90 Å². The lowest BCUT2D eigenvalue weighted by atomic mass is 10.0. The number of phenolic OH excluding ortho intramolecular Hbond substituents is 1. The summed E-state index contributed by atoms with van der Waals surface area (Å²) >= 11 is 0. The SMILES string of the molecule is COc1ccc(CC(=O)c2c(O)cc(OC)c(OC)c2OC)cc1. The van der Waals surface area contributed by atoms with E-state index in [0.717, 1.165) is 5.56 Å². The number of carbonyl (C=O) groups is 1. The van der Waals surface area contributed by atoms with Gasteiger partial charge in [-0.3, -0.25) is 4.79 Å². The second-order valence-electron chi connectivity index (χ2n) is 4.99. The summed E-state index contributed by atoms with van der Waals surface area (Å²) in [6, 6.07) is 8.47. The summed E-state index contributed by atoms with van der Waals surface area (Å²) in [5.41, 5.74) is 0.850. The third kappa shape index (κ3) is 3.37. The van der Waals surface area contributed by atoms with Crippen LogP contribution in [0.2, 0.25) is 0 Å². The molecular formula is C18H20O6. The Hall–Kier alpha value is -2.89. The number of phenols is 1. The van der Waals surface area contributed by atoms with Crippen LogP contribution >= 0.6 is 0 Å². The van der Waals surface area contributed by atoms with Crippen LogP contribution in [0.4, 0.5) is 0 Å². The Balaban J connectivity index is 2.40. The highest BCUT2D eigenvalue weighted by Crippen LogP contribution is 2.45. The Bertz CT molecular complexity index is 721. The van der Waals surface area contributed by atoms with E-state index in [1.807, 2.05) is 0 Å². The number of ether oxygens (including phenoxy) is 4. The van der Waals surface area contributed by atoms with Crippen molar-refractivity contribution in [1.82, 2.24) is 0 Å². The minimum Gasteiger partial charge on any atom is -0.507 e. The first-order chi connectivity index (χ1) is 11.5. The molecule has 6 heteroatoms. The van der Waals surface area contributed by atoms with Gasteiger partial charge < -0.3 is 24.1 Å². The van der Waals surface area contributed by atoms with Gasteiger partial charge in [0.05, 0.1) is 28.4 Å². The second kappa shape index (κ2) is 7.59. The first-order valence-electron chi connectivity index (χ1n) is 7.23. The van der Waals surface area contributed by atoms with Crippen LogP contribution in [0.1, 0.15) is 15.9 Å². The average Bonchev–Trinajstić information content (AvgIpc) is 2.60. The van der Waals surface area contributed by atoms with E-state index < -0.39 is 0 Å². The van der Waals surface area contributed by atoms with E-state index in [2.05, 4.69) is 0 Å². The molecule has 24 heavy (non-hydrogen) atoms. The van der Waals surface area contributed by atoms with Crippen molar-refractivity contribution in [1.29, 1.82) is 0 Å². The van der Waals surface area contributed by atoms with Crippen molar-refractivity contribution in [2.24, 2.45) is 0 Å². The summed E-state index contributed by atoms with van der Waals surface area (Å²) in [6.45, 7) is 0. The largest absolute Gasteiger partial charge is 0.507 e. The monoisotopic (exact) mass is 332 g/mol. The maximum atomic E-state index is 12.7. The van der Waals surface area contributed by atoms with E-state index in [1.54, 1.807) is 31.4 Å². The van der Waals surface area contributed by atoms with Crippen LogP contribution in [-0.2, 0) is 6.42 Å². The lowest BCUT2D eigenvalue weighted by Gasteiger charge is -2.16. The number of methoxy groups -OCH3 is 4. The van der Waals surface area contributed by atoms with Crippen molar-refractivity contribution in [3.05, 3.63) is 41.5 Å². The Morgan fingerprint density at radius 3 is 2.04 bits per heavy atom. The van der Waals surface area contributed by atoms with Gasteiger partial charge in [-0.25, -0.2) is 0 Å². The third-order valence-electron chi connectivity index (χ3n) is 3.61. The Labute approximate surface area is 140 Å². The number of rotatable bonds is 7. The van der Waals surface area contributed by atoms with Gasteiger partial charge >= 0.3 is 0 Å².